The van der Waals surface area contributed by atoms with Gasteiger partial charge in [-0.05, 0) is 63.7 Å². The van der Waals surface area contributed by atoms with Crippen molar-refractivity contribution in [1.29, 1.82) is 0 Å². The number of hydrogen-bond donors (Lipinski definition) is 0. The molecule has 2 heteroatoms. The third-order valence-corrected chi connectivity index (χ3v) is 8.77. The second kappa shape index (κ2) is 10.1. The number of para-hydroxylation sites is 1. The minimum atomic E-state index is 1.16. The van der Waals surface area contributed by atoms with E-state index in [-0.39, 0.29) is 0 Å². The smallest absolute Gasteiger partial charge is 0.215 e. The van der Waals surface area contributed by atoms with Gasteiger partial charge < -0.3 is 4.57 Å². The molecule has 6 aromatic carbocycles. The first-order chi connectivity index (χ1) is 21.2. The molecular weight excluding hydrogens is 520 g/mol. The molecule has 0 atom stereocenters. The minimum Gasteiger partial charge on any atom is -0.309 e. The number of aryl methyl sites for hydroxylation is 2. The van der Waals surface area contributed by atoms with Crippen molar-refractivity contribution < 1.29 is 4.57 Å². The zero-order valence-electron chi connectivity index (χ0n) is 24.3. The van der Waals surface area contributed by atoms with Gasteiger partial charge in [0.2, 0.25) is 5.69 Å². The highest BCUT2D eigenvalue weighted by molar-refractivity contribution is 6.09. The van der Waals surface area contributed by atoms with Gasteiger partial charge in [-0.25, -0.2) is 4.57 Å². The van der Waals surface area contributed by atoms with E-state index in [2.05, 4.69) is 175 Å². The molecule has 0 fully saturated rings. The Morgan fingerprint density at radius 1 is 0.488 bits per heavy atom. The van der Waals surface area contributed by atoms with Gasteiger partial charge in [0, 0.05) is 17.1 Å². The fourth-order valence-electron chi connectivity index (χ4n) is 6.59. The summed E-state index contributed by atoms with van der Waals surface area (Å²) >= 11 is 0. The third-order valence-electron chi connectivity index (χ3n) is 8.77. The number of pyridine rings is 1. The van der Waals surface area contributed by atoms with E-state index in [1.165, 1.54) is 71.7 Å². The molecule has 0 saturated carbocycles. The molecule has 0 aliphatic carbocycles. The molecule has 2 aromatic heterocycles. The molecule has 0 aliphatic heterocycles. The van der Waals surface area contributed by atoms with Crippen molar-refractivity contribution in [1.82, 2.24) is 4.57 Å². The van der Waals surface area contributed by atoms with E-state index in [1.807, 2.05) is 0 Å². The first kappa shape index (κ1) is 25.3. The molecule has 0 aliphatic rings. The number of hydrogen-bond acceptors (Lipinski definition) is 0. The van der Waals surface area contributed by atoms with Crippen molar-refractivity contribution in [3.63, 3.8) is 0 Å². The molecule has 0 bridgehead atoms. The summed E-state index contributed by atoms with van der Waals surface area (Å²) in [7, 11) is 2.17. The van der Waals surface area contributed by atoms with Crippen molar-refractivity contribution in [3.05, 3.63) is 157 Å². The highest BCUT2D eigenvalue weighted by Crippen LogP contribution is 2.36. The van der Waals surface area contributed by atoms with Crippen LogP contribution >= 0.6 is 0 Å². The summed E-state index contributed by atoms with van der Waals surface area (Å²) in [6.45, 7) is 2.21. The maximum Gasteiger partial charge on any atom is 0.215 e. The predicted molar refractivity (Wildman–Crippen MR) is 181 cm³/mol. The first-order valence-corrected chi connectivity index (χ1v) is 14.8. The van der Waals surface area contributed by atoms with Gasteiger partial charge in [-0.2, -0.15) is 0 Å². The molecule has 8 rings (SSSR count). The second-order valence-electron chi connectivity index (χ2n) is 11.4. The number of fused-ring (bicyclic) bond motifs is 4. The average Bonchev–Trinajstić information content (AvgIpc) is 3.38. The molecular formula is C41H31N2+. The van der Waals surface area contributed by atoms with Crippen LogP contribution in [0.15, 0.2) is 152 Å². The van der Waals surface area contributed by atoms with Gasteiger partial charge in [0.25, 0.3) is 0 Å². The van der Waals surface area contributed by atoms with Gasteiger partial charge in [0.1, 0.15) is 7.05 Å². The van der Waals surface area contributed by atoms with Crippen LogP contribution in [-0.2, 0) is 7.05 Å². The highest BCUT2D eigenvalue weighted by Gasteiger charge is 2.22. The number of rotatable bonds is 4. The third kappa shape index (κ3) is 4.23. The summed E-state index contributed by atoms with van der Waals surface area (Å²) < 4.78 is 4.70. The molecule has 0 radical (unpaired) electrons. The molecule has 8 aromatic rings. The second-order valence-corrected chi connectivity index (χ2v) is 11.4. The molecule has 0 N–H and O–H groups in total. The highest BCUT2D eigenvalue weighted by atomic mass is 15.0. The standard InChI is InChI=1S/C41H31N2/c1-28-16-17-33-12-6-7-13-35(33)41(28)40-26-39-37(27-42(40)2)36-14-8-9-15-38(36)43(39)34-24-22-32(23-25-34)31-20-18-30(19-21-31)29-10-4-3-5-11-29/h3-27H,1-2H3/q+1. The van der Waals surface area contributed by atoms with Gasteiger partial charge >= 0.3 is 0 Å². The van der Waals surface area contributed by atoms with Crippen LogP contribution in [0.5, 0.6) is 0 Å². The molecule has 0 unspecified atom stereocenters. The van der Waals surface area contributed by atoms with Crippen LogP contribution in [-0.4, -0.2) is 4.57 Å². The zero-order valence-corrected chi connectivity index (χ0v) is 24.3. The number of benzene rings is 6. The SMILES string of the molecule is Cc1ccc2ccccc2c1-c1cc2c(c[n+]1C)c1ccccc1n2-c1ccc(-c2ccc(-c3ccccc3)cc2)cc1. The van der Waals surface area contributed by atoms with E-state index in [4.69, 9.17) is 0 Å². The van der Waals surface area contributed by atoms with Gasteiger partial charge in [-0.1, -0.05) is 121 Å². The van der Waals surface area contributed by atoms with Crippen molar-refractivity contribution in [2.75, 3.05) is 0 Å². The lowest BCUT2D eigenvalue weighted by atomic mass is 9.96. The summed E-state index contributed by atoms with van der Waals surface area (Å²) in [6, 6.07) is 52.7. The summed E-state index contributed by atoms with van der Waals surface area (Å²) in [4.78, 5) is 0. The summed E-state index contributed by atoms with van der Waals surface area (Å²) in [6.07, 6.45) is 2.30. The van der Waals surface area contributed by atoms with Crippen LogP contribution < -0.4 is 4.57 Å². The van der Waals surface area contributed by atoms with E-state index in [1.54, 1.807) is 0 Å². The Morgan fingerprint density at radius 3 is 1.79 bits per heavy atom. The molecule has 43 heavy (non-hydrogen) atoms. The monoisotopic (exact) mass is 551 g/mol. The molecule has 0 saturated heterocycles. The summed E-state index contributed by atoms with van der Waals surface area (Å²) in [5.74, 6) is 0. The normalized spacial score (nSPS) is 11.5. The Labute approximate surface area is 251 Å². The van der Waals surface area contributed by atoms with Crippen LogP contribution in [0.3, 0.4) is 0 Å². The Morgan fingerprint density at radius 2 is 1.07 bits per heavy atom. The quantitative estimate of drug-likeness (QED) is 0.192. The van der Waals surface area contributed by atoms with Crippen molar-refractivity contribution in [3.8, 4) is 39.2 Å². The molecule has 0 amide bonds. The van der Waals surface area contributed by atoms with Crippen LogP contribution in [0, 0.1) is 6.92 Å². The maximum atomic E-state index is 2.41. The van der Waals surface area contributed by atoms with E-state index >= 15 is 0 Å². The fourth-order valence-corrected chi connectivity index (χ4v) is 6.59. The molecule has 204 valence electrons. The molecule has 2 nitrogen and oxygen atoms in total. The van der Waals surface area contributed by atoms with Crippen LogP contribution in [0.25, 0.3) is 71.8 Å². The molecule has 2 heterocycles. The van der Waals surface area contributed by atoms with E-state index in [0.29, 0.717) is 0 Å². The van der Waals surface area contributed by atoms with Crippen LogP contribution in [0.4, 0.5) is 0 Å². The lowest BCUT2D eigenvalue weighted by Gasteiger charge is -2.12. The van der Waals surface area contributed by atoms with Gasteiger partial charge in [0.15, 0.2) is 6.20 Å². The number of nitrogens with zero attached hydrogens (tertiary/aromatic N) is 2. The maximum absolute atomic E-state index is 2.41. The lowest BCUT2D eigenvalue weighted by Crippen LogP contribution is -2.30. The summed E-state index contributed by atoms with van der Waals surface area (Å²) in [5.41, 5.74) is 12.3. The van der Waals surface area contributed by atoms with Gasteiger partial charge in [-0.15, -0.1) is 0 Å². The Bertz CT molecular complexity index is 2270. The minimum absolute atomic E-state index is 1.16. The number of aromatic nitrogens is 2. The van der Waals surface area contributed by atoms with Crippen LogP contribution in [0.1, 0.15) is 5.56 Å². The van der Waals surface area contributed by atoms with Gasteiger partial charge in [0.05, 0.1) is 22.0 Å². The Hall–Kier alpha value is -5.47. The van der Waals surface area contributed by atoms with E-state index < -0.39 is 0 Å². The first-order valence-electron chi connectivity index (χ1n) is 14.8. The topological polar surface area (TPSA) is 8.81 Å². The fraction of sp³-hybridized carbons (Fsp3) is 0.0488. The lowest BCUT2D eigenvalue weighted by molar-refractivity contribution is -0.659. The largest absolute Gasteiger partial charge is 0.309 e. The zero-order chi connectivity index (χ0) is 28.9. The van der Waals surface area contributed by atoms with E-state index in [9.17, 15) is 0 Å². The Kier molecular flexibility index (Phi) is 5.94. The van der Waals surface area contributed by atoms with Crippen molar-refractivity contribution in [2.45, 2.75) is 6.92 Å². The molecule has 0 spiro atoms. The summed E-state index contributed by atoms with van der Waals surface area (Å²) in [5, 5.41) is 5.05. The van der Waals surface area contributed by atoms with Gasteiger partial charge in [-0.3, -0.25) is 0 Å². The van der Waals surface area contributed by atoms with Crippen LogP contribution in [0.2, 0.25) is 0 Å². The van der Waals surface area contributed by atoms with E-state index in [0.717, 1.165) is 5.69 Å². The van der Waals surface area contributed by atoms with Crippen molar-refractivity contribution in [2.24, 2.45) is 7.05 Å². The Balaban J connectivity index is 1.27. The average molecular weight is 552 g/mol. The van der Waals surface area contributed by atoms with Crippen molar-refractivity contribution >= 4 is 32.6 Å². The predicted octanol–water partition coefficient (Wildman–Crippen LogP) is 10.1.